The molecule has 0 unspecified atom stereocenters. The number of aromatic nitrogens is 2. The highest BCUT2D eigenvalue weighted by Crippen LogP contribution is 2.35. The molecule has 0 atom stereocenters. The molecular formula is C33H35N5O6. The number of benzene rings is 2. The Morgan fingerprint density at radius 1 is 1.05 bits per heavy atom. The number of amides is 1. The molecule has 11 nitrogen and oxygen atoms in total. The van der Waals surface area contributed by atoms with Crippen molar-refractivity contribution in [3.63, 3.8) is 0 Å². The van der Waals surface area contributed by atoms with Crippen molar-refractivity contribution in [1.82, 2.24) is 19.9 Å². The summed E-state index contributed by atoms with van der Waals surface area (Å²) in [6.07, 6.45) is 6.31. The summed E-state index contributed by atoms with van der Waals surface area (Å²) in [6, 6.07) is 15.1. The predicted octanol–water partition coefficient (Wildman–Crippen LogP) is 6.53. The molecular weight excluding hydrogens is 562 g/mol. The van der Waals surface area contributed by atoms with Crippen LogP contribution in [-0.2, 0) is 9.57 Å². The summed E-state index contributed by atoms with van der Waals surface area (Å²) in [5.41, 5.74) is 1.21. The lowest BCUT2D eigenvalue weighted by Gasteiger charge is -2.31. The van der Waals surface area contributed by atoms with Crippen LogP contribution in [0.1, 0.15) is 52.0 Å². The number of hydrogen-bond donors (Lipinski definition) is 1. The number of fused-ring (bicyclic) bond motifs is 2. The zero-order valence-corrected chi connectivity index (χ0v) is 25.0. The maximum Gasteiger partial charge on any atom is 0.528 e. The van der Waals surface area contributed by atoms with Crippen molar-refractivity contribution >= 4 is 34.0 Å². The standard InChI is InChI=1S/C33H35N5O6/c1-33(2,3)43-32(40)44-37-13-9-21(10-14-37)20-41-30-18-27-26(17-23(30)19-34)29(8-12-35-27)42-25-6-7-28-22(16-25)11-15-38(28)31(39)36-24-4-5-24/h6-8,11-12,15-18,21,24H,4-5,9-10,13-14,20H2,1-3H3,(H,36,39). The first-order chi connectivity index (χ1) is 21.1. The van der Waals surface area contributed by atoms with Crippen LogP contribution < -0.4 is 14.8 Å². The van der Waals surface area contributed by atoms with Crippen LogP contribution in [0.25, 0.3) is 21.8 Å². The van der Waals surface area contributed by atoms with E-state index < -0.39 is 11.8 Å². The summed E-state index contributed by atoms with van der Waals surface area (Å²) < 4.78 is 19.2. The molecule has 4 aromatic rings. The summed E-state index contributed by atoms with van der Waals surface area (Å²) in [7, 11) is 0. The molecule has 3 heterocycles. The van der Waals surface area contributed by atoms with E-state index in [0.717, 1.165) is 36.6 Å². The highest BCUT2D eigenvalue weighted by molar-refractivity contribution is 5.93. The van der Waals surface area contributed by atoms with Crippen LogP contribution in [0.5, 0.6) is 17.2 Å². The molecule has 0 radical (unpaired) electrons. The average Bonchev–Trinajstić information content (AvgIpc) is 3.70. The van der Waals surface area contributed by atoms with Gasteiger partial charge in [-0.25, -0.2) is 9.59 Å². The summed E-state index contributed by atoms with van der Waals surface area (Å²) in [5, 5.41) is 16.1. The molecule has 2 aliphatic rings. The smallest absolute Gasteiger partial charge is 0.492 e. The normalized spacial score (nSPS) is 16.0. The van der Waals surface area contributed by atoms with Gasteiger partial charge in [0.1, 0.15) is 28.9 Å². The van der Waals surface area contributed by atoms with Gasteiger partial charge in [-0.1, -0.05) is 0 Å². The van der Waals surface area contributed by atoms with E-state index in [-0.39, 0.29) is 18.0 Å². The maximum atomic E-state index is 12.6. The number of nitrogens with zero attached hydrogens (tertiary/aromatic N) is 4. The minimum atomic E-state index is -0.703. The lowest BCUT2D eigenvalue weighted by Crippen LogP contribution is -2.38. The van der Waals surface area contributed by atoms with Crippen molar-refractivity contribution in [2.75, 3.05) is 19.7 Å². The fraction of sp³-hybridized carbons (Fsp3) is 0.394. The Morgan fingerprint density at radius 3 is 2.57 bits per heavy atom. The van der Waals surface area contributed by atoms with E-state index in [0.29, 0.717) is 53.4 Å². The van der Waals surface area contributed by atoms with E-state index in [2.05, 4.69) is 16.4 Å². The van der Waals surface area contributed by atoms with Crippen molar-refractivity contribution in [3.8, 4) is 23.3 Å². The lowest BCUT2D eigenvalue weighted by molar-refractivity contribution is -0.156. The molecule has 1 saturated carbocycles. The van der Waals surface area contributed by atoms with Gasteiger partial charge in [0.2, 0.25) is 0 Å². The molecule has 2 aromatic heterocycles. The number of hydroxylamine groups is 2. The van der Waals surface area contributed by atoms with Gasteiger partial charge in [0, 0.05) is 48.4 Å². The van der Waals surface area contributed by atoms with E-state index in [1.165, 1.54) is 0 Å². The van der Waals surface area contributed by atoms with Gasteiger partial charge in [0.05, 0.1) is 23.2 Å². The fourth-order valence-corrected chi connectivity index (χ4v) is 5.15. The molecule has 6 rings (SSSR count). The summed E-state index contributed by atoms with van der Waals surface area (Å²) >= 11 is 0. The number of nitrogens with one attached hydrogen (secondary N) is 1. The van der Waals surface area contributed by atoms with E-state index in [1.807, 2.05) is 24.3 Å². The van der Waals surface area contributed by atoms with Gasteiger partial charge in [0.15, 0.2) is 0 Å². The average molecular weight is 598 g/mol. The highest BCUT2D eigenvalue weighted by Gasteiger charge is 2.26. The maximum absolute atomic E-state index is 12.6. The Morgan fingerprint density at radius 2 is 1.84 bits per heavy atom. The first-order valence-electron chi connectivity index (χ1n) is 14.9. The van der Waals surface area contributed by atoms with Gasteiger partial charge < -0.3 is 24.4 Å². The second kappa shape index (κ2) is 12.1. The van der Waals surface area contributed by atoms with E-state index in [1.54, 1.807) is 61.0 Å². The monoisotopic (exact) mass is 597 g/mol. The van der Waals surface area contributed by atoms with Crippen LogP contribution in [0.3, 0.4) is 0 Å². The van der Waals surface area contributed by atoms with Crippen molar-refractivity contribution in [2.24, 2.45) is 5.92 Å². The fourth-order valence-electron chi connectivity index (χ4n) is 5.15. The minimum absolute atomic E-state index is 0.129. The number of piperidine rings is 1. The molecule has 228 valence electrons. The molecule has 2 fully saturated rings. The van der Waals surface area contributed by atoms with Crippen molar-refractivity contribution in [1.29, 1.82) is 5.26 Å². The molecule has 0 bridgehead atoms. The third-order valence-electron chi connectivity index (χ3n) is 7.58. The van der Waals surface area contributed by atoms with Gasteiger partial charge in [-0.15, -0.1) is 5.06 Å². The number of carbonyl (C=O) groups excluding carboxylic acids is 2. The largest absolute Gasteiger partial charge is 0.528 e. The Hall–Kier alpha value is -4.82. The Bertz CT molecular complexity index is 1740. The van der Waals surface area contributed by atoms with Gasteiger partial charge in [-0.2, -0.15) is 5.26 Å². The third-order valence-corrected chi connectivity index (χ3v) is 7.58. The molecule has 1 saturated heterocycles. The second-order valence-electron chi connectivity index (χ2n) is 12.3. The molecule has 0 spiro atoms. The number of ether oxygens (including phenoxy) is 3. The Labute approximate surface area is 255 Å². The molecule has 11 heteroatoms. The number of nitriles is 1. The summed E-state index contributed by atoms with van der Waals surface area (Å²) in [6.45, 7) is 6.95. The van der Waals surface area contributed by atoms with Crippen LogP contribution in [0.15, 0.2) is 54.9 Å². The van der Waals surface area contributed by atoms with Gasteiger partial charge in [0.25, 0.3) is 0 Å². The van der Waals surface area contributed by atoms with E-state index in [4.69, 9.17) is 19.0 Å². The summed E-state index contributed by atoms with van der Waals surface area (Å²) in [5.74, 6) is 1.86. The third kappa shape index (κ3) is 6.87. The Kier molecular flexibility index (Phi) is 8.01. The molecule has 1 amide bonds. The van der Waals surface area contributed by atoms with E-state index in [9.17, 15) is 14.9 Å². The van der Waals surface area contributed by atoms with Gasteiger partial charge >= 0.3 is 12.2 Å². The Balaban J connectivity index is 1.10. The topological polar surface area (TPSA) is 128 Å². The van der Waals surface area contributed by atoms with Crippen LogP contribution in [0.4, 0.5) is 9.59 Å². The van der Waals surface area contributed by atoms with Crippen LogP contribution in [0.2, 0.25) is 0 Å². The number of hydrogen-bond acceptors (Lipinski definition) is 9. The minimum Gasteiger partial charge on any atom is -0.492 e. The number of carbonyl (C=O) groups is 2. The lowest BCUT2D eigenvalue weighted by atomic mass is 9.99. The SMILES string of the molecule is CC(C)(C)OC(=O)ON1CCC(COc2cc3nccc(Oc4ccc5c(ccn5C(=O)NC5CC5)c4)c3cc2C#N)CC1. The molecule has 1 N–H and O–H groups in total. The first-order valence-corrected chi connectivity index (χ1v) is 14.9. The van der Waals surface area contributed by atoms with Crippen molar-refractivity contribution < 1.29 is 28.6 Å². The van der Waals surface area contributed by atoms with Crippen molar-refractivity contribution in [2.45, 2.75) is 58.1 Å². The number of pyridine rings is 1. The van der Waals surface area contributed by atoms with Gasteiger partial charge in [-0.3, -0.25) is 9.55 Å². The van der Waals surface area contributed by atoms with Crippen LogP contribution in [0, 0.1) is 17.2 Å². The molecule has 2 aromatic carbocycles. The van der Waals surface area contributed by atoms with E-state index >= 15 is 0 Å². The summed E-state index contributed by atoms with van der Waals surface area (Å²) in [4.78, 5) is 34.3. The quantitative estimate of drug-likeness (QED) is 0.236. The number of rotatable bonds is 7. The molecule has 1 aliphatic heterocycles. The second-order valence-corrected chi connectivity index (χ2v) is 12.3. The first kappa shape index (κ1) is 29.3. The highest BCUT2D eigenvalue weighted by atomic mass is 16.8. The van der Waals surface area contributed by atoms with Crippen LogP contribution in [-0.4, -0.2) is 58.1 Å². The molecule has 44 heavy (non-hydrogen) atoms. The van der Waals surface area contributed by atoms with Crippen molar-refractivity contribution in [3.05, 3.63) is 60.4 Å². The van der Waals surface area contributed by atoms with Gasteiger partial charge in [-0.05, 0) is 88.8 Å². The predicted molar refractivity (Wildman–Crippen MR) is 163 cm³/mol. The van der Waals surface area contributed by atoms with Crippen LogP contribution >= 0.6 is 0 Å². The zero-order valence-electron chi connectivity index (χ0n) is 25.0. The molecule has 1 aliphatic carbocycles. The zero-order chi connectivity index (χ0) is 30.8.